The van der Waals surface area contributed by atoms with E-state index in [2.05, 4.69) is 49.9 Å². The fourth-order valence-corrected chi connectivity index (χ4v) is 4.96. The van der Waals surface area contributed by atoms with E-state index >= 15 is 0 Å². The van der Waals surface area contributed by atoms with Gasteiger partial charge < -0.3 is 10.6 Å². The molecule has 1 aliphatic heterocycles. The average Bonchev–Trinajstić information content (AvgIpc) is 3.37. The zero-order chi connectivity index (χ0) is 18.9. The molecule has 0 atom stereocenters. The Labute approximate surface area is 194 Å². The van der Waals surface area contributed by atoms with Crippen LogP contribution in [-0.4, -0.2) is 49.1 Å². The van der Waals surface area contributed by atoms with Crippen molar-refractivity contribution in [3.63, 3.8) is 0 Å². The minimum atomic E-state index is 0. The Morgan fingerprint density at radius 3 is 2.75 bits per heavy atom. The van der Waals surface area contributed by atoms with Gasteiger partial charge in [0, 0.05) is 49.1 Å². The molecule has 0 radical (unpaired) electrons. The zero-order valence-electron chi connectivity index (χ0n) is 16.8. The summed E-state index contributed by atoms with van der Waals surface area (Å²) >= 11 is 3.68. The van der Waals surface area contributed by atoms with Gasteiger partial charge in [-0.25, -0.2) is 4.98 Å². The number of aromatic nitrogens is 1. The molecule has 28 heavy (non-hydrogen) atoms. The third-order valence-corrected chi connectivity index (χ3v) is 7.09. The number of aryl methyl sites for hydroxylation is 1. The number of halogens is 1. The summed E-state index contributed by atoms with van der Waals surface area (Å²) in [5.41, 5.74) is 0. The largest absolute Gasteiger partial charge is 0.356 e. The lowest BCUT2D eigenvalue weighted by atomic mass is 9.97. The van der Waals surface area contributed by atoms with E-state index in [1.165, 1.54) is 40.7 Å². The van der Waals surface area contributed by atoms with Crippen molar-refractivity contribution in [2.45, 2.75) is 39.2 Å². The number of guanidine groups is 1. The molecule has 0 amide bonds. The van der Waals surface area contributed by atoms with Crippen molar-refractivity contribution >= 4 is 52.6 Å². The van der Waals surface area contributed by atoms with E-state index in [1.54, 1.807) is 0 Å². The van der Waals surface area contributed by atoms with Crippen LogP contribution in [0.1, 0.15) is 34.5 Å². The van der Waals surface area contributed by atoms with Crippen LogP contribution in [-0.2, 0) is 19.4 Å². The van der Waals surface area contributed by atoms with Crippen LogP contribution in [0.15, 0.2) is 28.7 Å². The number of hydrogen-bond acceptors (Lipinski definition) is 5. The number of piperidine rings is 1. The van der Waals surface area contributed by atoms with Gasteiger partial charge in [0.25, 0.3) is 0 Å². The molecule has 0 spiro atoms. The van der Waals surface area contributed by atoms with Gasteiger partial charge >= 0.3 is 0 Å². The van der Waals surface area contributed by atoms with E-state index in [-0.39, 0.29) is 24.0 Å². The van der Waals surface area contributed by atoms with Crippen LogP contribution >= 0.6 is 46.7 Å². The lowest BCUT2D eigenvalue weighted by Gasteiger charge is -2.32. The highest BCUT2D eigenvalue weighted by Crippen LogP contribution is 2.20. The van der Waals surface area contributed by atoms with Gasteiger partial charge in [-0.15, -0.1) is 46.7 Å². The quantitative estimate of drug-likeness (QED) is 0.306. The third-order valence-electron chi connectivity index (χ3n) is 5.03. The lowest BCUT2D eigenvalue weighted by molar-refractivity contribution is 0.179. The van der Waals surface area contributed by atoms with Gasteiger partial charge in [0.15, 0.2) is 5.96 Å². The Balaban J connectivity index is 0.00000280. The maximum atomic E-state index is 4.48. The number of aliphatic imine (C=N–C) groups is 1. The fourth-order valence-electron chi connectivity index (χ4n) is 3.35. The van der Waals surface area contributed by atoms with E-state index in [0.29, 0.717) is 0 Å². The SMILES string of the molecule is CCc1cnc(CCNC(=NC)NCC2CCN(Cc3cccs3)CC2)s1.I. The van der Waals surface area contributed by atoms with E-state index in [1.807, 2.05) is 35.9 Å². The molecule has 0 unspecified atom stereocenters. The van der Waals surface area contributed by atoms with Crippen LogP contribution in [0.2, 0.25) is 0 Å². The van der Waals surface area contributed by atoms with Crippen LogP contribution < -0.4 is 10.6 Å². The zero-order valence-corrected chi connectivity index (χ0v) is 20.8. The highest BCUT2D eigenvalue weighted by molar-refractivity contribution is 14.0. The van der Waals surface area contributed by atoms with E-state index in [9.17, 15) is 0 Å². The van der Waals surface area contributed by atoms with E-state index in [4.69, 9.17) is 0 Å². The van der Waals surface area contributed by atoms with Crippen molar-refractivity contribution in [2.75, 3.05) is 33.2 Å². The second-order valence-electron chi connectivity index (χ2n) is 7.00. The van der Waals surface area contributed by atoms with Crippen molar-refractivity contribution in [1.82, 2.24) is 20.5 Å². The molecule has 0 aromatic carbocycles. The number of likely N-dealkylation sites (tertiary alicyclic amines) is 1. The minimum Gasteiger partial charge on any atom is -0.356 e. The summed E-state index contributed by atoms with van der Waals surface area (Å²) in [6.45, 7) is 7.55. The minimum absolute atomic E-state index is 0. The predicted molar refractivity (Wildman–Crippen MR) is 132 cm³/mol. The van der Waals surface area contributed by atoms with Gasteiger partial charge in [0.05, 0.1) is 5.01 Å². The van der Waals surface area contributed by atoms with Gasteiger partial charge in [0.1, 0.15) is 0 Å². The van der Waals surface area contributed by atoms with Crippen molar-refractivity contribution < 1.29 is 0 Å². The van der Waals surface area contributed by atoms with Crippen LogP contribution in [0.25, 0.3) is 0 Å². The summed E-state index contributed by atoms with van der Waals surface area (Å²) in [6.07, 6.45) is 6.54. The molecular weight excluding hydrogens is 501 g/mol. The molecule has 2 N–H and O–H groups in total. The number of thiazole rings is 1. The van der Waals surface area contributed by atoms with Crippen molar-refractivity contribution in [1.29, 1.82) is 0 Å². The molecule has 1 saturated heterocycles. The Bertz CT molecular complexity index is 693. The molecular formula is C20H32IN5S2. The Hall–Kier alpha value is -0.710. The van der Waals surface area contributed by atoms with Crippen LogP contribution in [0.5, 0.6) is 0 Å². The topological polar surface area (TPSA) is 52.6 Å². The summed E-state index contributed by atoms with van der Waals surface area (Å²) in [5.74, 6) is 1.64. The van der Waals surface area contributed by atoms with E-state index < -0.39 is 0 Å². The number of rotatable bonds is 8. The highest BCUT2D eigenvalue weighted by Gasteiger charge is 2.19. The number of thiophene rings is 1. The monoisotopic (exact) mass is 533 g/mol. The molecule has 3 rings (SSSR count). The molecule has 1 fully saturated rings. The smallest absolute Gasteiger partial charge is 0.190 e. The van der Waals surface area contributed by atoms with Gasteiger partial charge in [-0.05, 0) is 49.7 Å². The highest BCUT2D eigenvalue weighted by atomic mass is 127. The molecule has 5 nitrogen and oxygen atoms in total. The van der Waals surface area contributed by atoms with Crippen molar-refractivity contribution in [2.24, 2.45) is 10.9 Å². The summed E-state index contributed by atoms with van der Waals surface area (Å²) in [5, 5.41) is 10.3. The number of nitrogens with zero attached hydrogens (tertiary/aromatic N) is 3. The van der Waals surface area contributed by atoms with Gasteiger partial charge in [0.2, 0.25) is 0 Å². The first-order valence-electron chi connectivity index (χ1n) is 9.89. The maximum absolute atomic E-state index is 4.48. The summed E-state index contributed by atoms with van der Waals surface area (Å²) in [7, 11) is 1.84. The van der Waals surface area contributed by atoms with E-state index in [0.717, 1.165) is 44.4 Å². The van der Waals surface area contributed by atoms with Crippen LogP contribution in [0.4, 0.5) is 0 Å². The number of nitrogens with one attached hydrogen (secondary N) is 2. The van der Waals surface area contributed by atoms with Gasteiger partial charge in [-0.2, -0.15) is 0 Å². The fraction of sp³-hybridized carbons (Fsp3) is 0.600. The third kappa shape index (κ3) is 7.61. The van der Waals surface area contributed by atoms with Crippen LogP contribution in [0, 0.1) is 5.92 Å². The molecule has 8 heteroatoms. The summed E-state index contributed by atoms with van der Waals surface area (Å²) in [6, 6.07) is 4.38. The summed E-state index contributed by atoms with van der Waals surface area (Å²) < 4.78 is 0. The predicted octanol–water partition coefficient (Wildman–Crippen LogP) is 4.00. The molecule has 2 aromatic rings. The first kappa shape index (κ1) is 23.6. The lowest BCUT2D eigenvalue weighted by Crippen LogP contribution is -2.43. The molecule has 1 aliphatic rings. The van der Waals surface area contributed by atoms with Crippen molar-refractivity contribution in [3.8, 4) is 0 Å². The molecule has 156 valence electrons. The van der Waals surface area contributed by atoms with Crippen molar-refractivity contribution in [3.05, 3.63) is 38.5 Å². The second kappa shape index (κ2) is 12.8. The Morgan fingerprint density at radius 2 is 2.11 bits per heavy atom. The standard InChI is InChI=1S/C20H31N5S2.HI/c1-3-17-14-23-19(27-17)6-9-22-20(21-2)24-13-16-7-10-25(11-8-16)15-18-5-4-12-26-18;/h4-5,12,14,16H,3,6-11,13,15H2,1-2H3,(H2,21,22,24);1H. The Kier molecular flexibility index (Phi) is 10.7. The normalized spacial score (nSPS) is 16.0. The molecule has 0 saturated carbocycles. The first-order chi connectivity index (χ1) is 13.3. The first-order valence-corrected chi connectivity index (χ1v) is 11.6. The maximum Gasteiger partial charge on any atom is 0.190 e. The summed E-state index contributed by atoms with van der Waals surface area (Å²) in [4.78, 5) is 14.2. The molecule has 0 bridgehead atoms. The molecule has 0 aliphatic carbocycles. The van der Waals surface area contributed by atoms with Gasteiger partial charge in [-0.3, -0.25) is 9.89 Å². The Morgan fingerprint density at radius 1 is 1.29 bits per heavy atom. The van der Waals surface area contributed by atoms with Gasteiger partial charge in [-0.1, -0.05) is 13.0 Å². The number of hydrogen-bond donors (Lipinski definition) is 2. The molecule has 3 heterocycles. The molecule has 2 aromatic heterocycles. The van der Waals surface area contributed by atoms with Crippen LogP contribution in [0.3, 0.4) is 0 Å². The second-order valence-corrected chi connectivity index (χ2v) is 9.23. The average molecular weight is 534 g/mol.